The van der Waals surface area contributed by atoms with Crippen LogP contribution in [0.5, 0.6) is 0 Å². The molecule has 0 saturated heterocycles. The maximum Gasteiger partial charge on any atom is 0.249 e. The number of nitrogens with zero attached hydrogens (tertiary/aromatic N) is 3. The van der Waals surface area contributed by atoms with Crippen molar-refractivity contribution >= 4 is 0 Å². The van der Waals surface area contributed by atoms with Gasteiger partial charge in [-0.2, -0.15) is 5.26 Å². The second-order valence-corrected chi connectivity index (χ2v) is 2.85. The van der Waals surface area contributed by atoms with Gasteiger partial charge in [-0.15, -0.1) is 10.2 Å². The van der Waals surface area contributed by atoms with Gasteiger partial charge in [0.2, 0.25) is 12.3 Å². The van der Waals surface area contributed by atoms with E-state index in [-0.39, 0.29) is 0 Å². The summed E-state index contributed by atoms with van der Waals surface area (Å²) in [5, 5.41) is 16.3. The largest absolute Gasteiger partial charge is 0.423 e. The summed E-state index contributed by atoms with van der Waals surface area (Å²) >= 11 is 0. The average molecular weight is 185 g/mol. The Morgan fingerprint density at radius 3 is 2.93 bits per heavy atom. The van der Waals surface area contributed by atoms with E-state index < -0.39 is 0 Å². The fraction of sp³-hybridized carbons (Fsp3) is 0.100. The van der Waals surface area contributed by atoms with E-state index in [0.717, 1.165) is 5.56 Å². The molecule has 0 bridgehead atoms. The van der Waals surface area contributed by atoms with E-state index in [9.17, 15) is 0 Å². The molecule has 0 atom stereocenters. The zero-order valence-corrected chi connectivity index (χ0v) is 7.56. The Morgan fingerprint density at radius 2 is 2.29 bits per heavy atom. The summed E-state index contributed by atoms with van der Waals surface area (Å²) in [6.07, 6.45) is 1.25. The lowest BCUT2D eigenvalue weighted by atomic mass is 10.0. The quantitative estimate of drug-likeness (QED) is 0.680. The molecule has 0 radical (unpaired) electrons. The summed E-state index contributed by atoms with van der Waals surface area (Å²) in [7, 11) is 0. The number of aromatic nitrogens is 2. The molecular formula is C10H7N3O. The summed E-state index contributed by atoms with van der Waals surface area (Å²) < 4.78 is 5.07. The van der Waals surface area contributed by atoms with Crippen LogP contribution in [0.15, 0.2) is 29.0 Å². The highest BCUT2D eigenvalue weighted by atomic mass is 16.4. The smallest absolute Gasteiger partial charge is 0.249 e. The molecule has 14 heavy (non-hydrogen) atoms. The SMILES string of the molecule is Cc1cccc(C#N)c1-c1nnco1. The van der Waals surface area contributed by atoms with Gasteiger partial charge in [0.25, 0.3) is 0 Å². The number of aryl methyl sites for hydroxylation is 1. The van der Waals surface area contributed by atoms with E-state index in [4.69, 9.17) is 9.68 Å². The van der Waals surface area contributed by atoms with Crippen molar-refractivity contribution in [1.82, 2.24) is 10.2 Å². The maximum absolute atomic E-state index is 8.90. The topological polar surface area (TPSA) is 62.7 Å². The second-order valence-electron chi connectivity index (χ2n) is 2.85. The van der Waals surface area contributed by atoms with Gasteiger partial charge >= 0.3 is 0 Å². The lowest BCUT2D eigenvalue weighted by molar-refractivity contribution is 0.568. The first-order valence-electron chi connectivity index (χ1n) is 4.09. The summed E-state index contributed by atoms with van der Waals surface area (Å²) in [6.45, 7) is 1.90. The van der Waals surface area contributed by atoms with Crippen LogP contribution in [0.3, 0.4) is 0 Å². The van der Waals surface area contributed by atoms with Crippen LogP contribution in [0.4, 0.5) is 0 Å². The minimum Gasteiger partial charge on any atom is -0.423 e. The lowest BCUT2D eigenvalue weighted by Crippen LogP contribution is -1.88. The van der Waals surface area contributed by atoms with Crippen molar-refractivity contribution in [3.63, 3.8) is 0 Å². The van der Waals surface area contributed by atoms with Crippen molar-refractivity contribution in [1.29, 1.82) is 5.26 Å². The van der Waals surface area contributed by atoms with Gasteiger partial charge in [0, 0.05) is 0 Å². The van der Waals surface area contributed by atoms with Crippen LogP contribution in [0.2, 0.25) is 0 Å². The molecule has 0 fully saturated rings. The van der Waals surface area contributed by atoms with E-state index in [2.05, 4.69) is 16.3 Å². The van der Waals surface area contributed by atoms with Gasteiger partial charge in [-0.25, -0.2) is 0 Å². The minimum atomic E-state index is 0.389. The summed E-state index contributed by atoms with van der Waals surface area (Å²) in [5.74, 6) is 0.389. The third-order valence-corrected chi connectivity index (χ3v) is 1.97. The normalized spacial score (nSPS) is 9.71. The van der Waals surface area contributed by atoms with Crippen molar-refractivity contribution in [3.8, 4) is 17.5 Å². The molecular weight excluding hydrogens is 178 g/mol. The molecule has 0 aliphatic rings. The minimum absolute atomic E-state index is 0.389. The van der Waals surface area contributed by atoms with Crippen LogP contribution < -0.4 is 0 Å². The van der Waals surface area contributed by atoms with Crippen molar-refractivity contribution in [3.05, 3.63) is 35.7 Å². The van der Waals surface area contributed by atoms with E-state index in [1.807, 2.05) is 19.1 Å². The van der Waals surface area contributed by atoms with Crippen LogP contribution in [0.1, 0.15) is 11.1 Å². The van der Waals surface area contributed by atoms with Crippen LogP contribution in [0, 0.1) is 18.3 Å². The predicted octanol–water partition coefficient (Wildman–Crippen LogP) is 1.92. The molecule has 0 unspecified atom stereocenters. The average Bonchev–Trinajstić information content (AvgIpc) is 2.70. The molecule has 1 aromatic heterocycles. The molecule has 0 aliphatic heterocycles. The molecule has 0 saturated carbocycles. The number of nitriles is 1. The molecule has 0 spiro atoms. The van der Waals surface area contributed by atoms with Crippen molar-refractivity contribution in [2.24, 2.45) is 0 Å². The van der Waals surface area contributed by atoms with Gasteiger partial charge in [-0.3, -0.25) is 0 Å². The summed E-state index contributed by atoms with van der Waals surface area (Å²) in [4.78, 5) is 0. The van der Waals surface area contributed by atoms with Crippen LogP contribution in [-0.2, 0) is 0 Å². The third kappa shape index (κ3) is 1.25. The van der Waals surface area contributed by atoms with Gasteiger partial charge < -0.3 is 4.42 Å². The Kier molecular flexibility index (Phi) is 1.99. The van der Waals surface area contributed by atoms with Gasteiger partial charge in [-0.05, 0) is 18.6 Å². The summed E-state index contributed by atoms with van der Waals surface area (Å²) in [5.41, 5.74) is 2.22. The van der Waals surface area contributed by atoms with Gasteiger partial charge in [0.1, 0.15) is 0 Å². The molecule has 4 heteroatoms. The predicted molar refractivity (Wildman–Crippen MR) is 49.2 cm³/mol. The van der Waals surface area contributed by atoms with Crippen molar-refractivity contribution in [2.45, 2.75) is 6.92 Å². The van der Waals surface area contributed by atoms with Gasteiger partial charge in [-0.1, -0.05) is 12.1 Å². The maximum atomic E-state index is 8.90. The summed E-state index contributed by atoms with van der Waals surface area (Å²) in [6, 6.07) is 7.56. The van der Waals surface area contributed by atoms with Crippen molar-refractivity contribution < 1.29 is 4.42 Å². The van der Waals surface area contributed by atoms with E-state index in [1.165, 1.54) is 6.39 Å². The molecule has 1 aromatic carbocycles. The van der Waals surface area contributed by atoms with Crippen LogP contribution in [-0.4, -0.2) is 10.2 Å². The number of hydrogen-bond acceptors (Lipinski definition) is 4. The third-order valence-electron chi connectivity index (χ3n) is 1.97. The highest BCUT2D eigenvalue weighted by Gasteiger charge is 2.11. The first-order valence-corrected chi connectivity index (χ1v) is 4.09. The highest BCUT2D eigenvalue weighted by Crippen LogP contribution is 2.24. The van der Waals surface area contributed by atoms with Crippen molar-refractivity contribution in [2.75, 3.05) is 0 Å². The number of rotatable bonds is 1. The Bertz CT molecular complexity index is 483. The fourth-order valence-electron chi connectivity index (χ4n) is 1.33. The Labute approximate surface area is 80.8 Å². The van der Waals surface area contributed by atoms with E-state index >= 15 is 0 Å². The lowest BCUT2D eigenvalue weighted by Gasteiger charge is -2.01. The molecule has 2 aromatic rings. The Hall–Kier alpha value is -2.15. The Balaban J connectivity index is 2.69. The van der Waals surface area contributed by atoms with Crippen LogP contribution in [0.25, 0.3) is 11.5 Å². The standard InChI is InChI=1S/C10H7N3O/c1-7-3-2-4-8(5-11)9(7)10-13-12-6-14-10/h2-4,6H,1H3. The monoisotopic (exact) mass is 185 g/mol. The zero-order chi connectivity index (χ0) is 9.97. The molecule has 4 nitrogen and oxygen atoms in total. The molecule has 68 valence electrons. The first-order chi connectivity index (χ1) is 6.83. The van der Waals surface area contributed by atoms with E-state index in [1.54, 1.807) is 6.07 Å². The molecule has 0 N–H and O–H groups in total. The first kappa shape index (κ1) is 8.45. The Morgan fingerprint density at radius 1 is 1.43 bits per heavy atom. The molecule has 2 rings (SSSR count). The van der Waals surface area contributed by atoms with Gasteiger partial charge in [0.05, 0.1) is 17.2 Å². The number of benzene rings is 1. The molecule has 1 heterocycles. The second kappa shape index (κ2) is 3.30. The molecule has 0 amide bonds. The van der Waals surface area contributed by atoms with Gasteiger partial charge in [0.15, 0.2) is 0 Å². The zero-order valence-electron chi connectivity index (χ0n) is 7.56. The van der Waals surface area contributed by atoms with Crippen LogP contribution >= 0.6 is 0 Å². The molecule has 0 aliphatic carbocycles. The fourth-order valence-corrected chi connectivity index (χ4v) is 1.33. The van der Waals surface area contributed by atoms with E-state index in [0.29, 0.717) is 17.0 Å². The number of hydrogen-bond donors (Lipinski definition) is 0. The highest BCUT2D eigenvalue weighted by molar-refractivity contribution is 5.66.